The van der Waals surface area contributed by atoms with Crippen LogP contribution in [-0.2, 0) is 9.59 Å². The number of carbonyl (C=O) groups is 2. The number of likely N-dealkylation sites (tertiary alicyclic amines) is 2. The molecule has 0 radical (unpaired) electrons. The third-order valence-electron chi connectivity index (χ3n) is 6.44. The lowest BCUT2D eigenvalue weighted by molar-refractivity contribution is -0.140. The van der Waals surface area contributed by atoms with E-state index in [0.29, 0.717) is 13.1 Å². The topological polar surface area (TPSA) is 66.6 Å². The Kier molecular flexibility index (Phi) is 5.24. The lowest BCUT2D eigenvalue weighted by atomic mass is 9.75. The van der Waals surface area contributed by atoms with Crippen molar-refractivity contribution in [1.29, 1.82) is 0 Å². The van der Waals surface area contributed by atoms with Gasteiger partial charge in [0.05, 0.1) is 6.04 Å². The molecule has 0 bridgehead atoms. The van der Waals surface area contributed by atoms with E-state index in [1.165, 1.54) is 32.1 Å². The van der Waals surface area contributed by atoms with Crippen LogP contribution in [0.3, 0.4) is 0 Å². The lowest BCUT2D eigenvalue weighted by Crippen LogP contribution is -2.54. The molecule has 0 aromatic heterocycles. The van der Waals surface area contributed by atoms with Gasteiger partial charge in [-0.25, -0.2) is 0 Å². The number of amides is 2. The Balaban J connectivity index is 1.52. The molecule has 130 valence electrons. The largest absolute Gasteiger partial charge is 0.369 e. The van der Waals surface area contributed by atoms with Gasteiger partial charge in [0.1, 0.15) is 0 Å². The van der Waals surface area contributed by atoms with E-state index < -0.39 is 0 Å². The zero-order valence-corrected chi connectivity index (χ0v) is 14.4. The summed E-state index contributed by atoms with van der Waals surface area (Å²) >= 11 is 0. The van der Waals surface area contributed by atoms with Crippen molar-refractivity contribution in [2.75, 3.05) is 26.2 Å². The maximum Gasteiger partial charge on any atom is 0.239 e. The van der Waals surface area contributed by atoms with E-state index in [1.807, 2.05) is 4.90 Å². The van der Waals surface area contributed by atoms with Crippen molar-refractivity contribution in [2.45, 2.75) is 57.9 Å². The molecule has 0 aromatic rings. The van der Waals surface area contributed by atoms with Crippen LogP contribution in [0.2, 0.25) is 0 Å². The van der Waals surface area contributed by atoms with E-state index in [-0.39, 0.29) is 23.8 Å². The first kappa shape index (κ1) is 16.7. The minimum Gasteiger partial charge on any atom is -0.369 e. The van der Waals surface area contributed by atoms with Gasteiger partial charge in [0.25, 0.3) is 0 Å². The van der Waals surface area contributed by atoms with Crippen molar-refractivity contribution in [2.24, 2.45) is 23.5 Å². The van der Waals surface area contributed by atoms with E-state index in [2.05, 4.69) is 11.8 Å². The van der Waals surface area contributed by atoms with E-state index >= 15 is 0 Å². The van der Waals surface area contributed by atoms with Crippen LogP contribution < -0.4 is 5.73 Å². The molecular weight excluding hydrogens is 290 g/mol. The summed E-state index contributed by atoms with van der Waals surface area (Å²) in [6.45, 7) is 5.57. The van der Waals surface area contributed by atoms with Gasteiger partial charge in [-0.15, -0.1) is 0 Å². The minimum atomic E-state index is -0.218. The molecule has 0 unspecified atom stereocenters. The van der Waals surface area contributed by atoms with Gasteiger partial charge in [0.2, 0.25) is 11.8 Å². The molecule has 2 heterocycles. The Morgan fingerprint density at radius 3 is 2.26 bits per heavy atom. The van der Waals surface area contributed by atoms with Gasteiger partial charge in [-0.2, -0.15) is 0 Å². The summed E-state index contributed by atoms with van der Waals surface area (Å²) in [5, 5.41) is 0. The number of hydrogen-bond acceptors (Lipinski definition) is 3. The fraction of sp³-hybridized carbons (Fsp3) is 0.889. The Morgan fingerprint density at radius 2 is 1.61 bits per heavy atom. The third-order valence-corrected chi connectivity index (χ3v) is 6.44. The molecule has 1 saturated carbocycles. The number of primary amides is 1. The number of hydrogen-bond donors (Lipinski definition) is 1. The normalized spacial score (nSPS) is 31.4. The highest BCUT2D eigenvalue weighted by atomic mass is 16.2. The molecule has 0 aromatic carbocycles. The van der Waals surface area contributed by atoms with Crippen LogP contribution in [0.4, 0.5) is 0 Å². The van der Waals surface area contributed by atoms with E-state index in [1.54, 1.807) is 0 Å². The first-order chi connectivity index (χ1) is 11.1. The fourth-order valence-electron chi connectivity index (χ4n) is 4.79. The maximum absolute atomic E-state index is 12.8. The second-order valence-electron chi connectivity index (χ2n) is 7.77. The van der Waals surface area contributed by atoms with Gasteiger partial charge in [-0.3, -0.25) is 14.5 Å². The van der Waals surface area contributed by atoms with Gasteiger partial charge in [-0.05, 0) is 51.0 Å². The minimum absolute atomic E-state index is 0.0250. The average Bonchev–Trinajstić information content (AvgIpc) is 2.60. The Bertz CT molecular complexity index is 446. The number of rotatable bonds is 3. The first-order valence-electron chi connectivity index (χ1n) is 9.38. The number of nitrogens with zero attached hydrogens (tertiary/aromatic N) is 2. The summed E-state index contributed by atoms with van der Waals surface area (Å²) in [6, 6.07) is -0.0250. The predicted octanol–water partition coefficient (Wildman–Crippen LogP) is 1.61. The van der Waals surface area contributed by atoms with Crippen LogP contribution in [-0.4, -0.2) is 53.8 Å². The summed E-state index contributed by atoms with van der Waals surface area (Å²) in [5.41, 5.74) is 5.38. The van der Waals surface area contributed by atoms with Crippen LogP contribution in [0, 0.1) is 17.8 Å². The Hall–Kier alpha value is -1.10. The number of fused-ring (bicyclic) bond motifs is 1. The summed E-state index contributed by atoms with van der Waals surface area (Å²) in [5.74, 6) is 1.67. The van der Waals surface area contributed by atoms with Crippen molar-refractivity contribution in [3.63, 3.8) is 0 Å². The Labute approximate surface area is 139 Å². The van der Waals surface area contributed by atoms with Crippen molar-refractivity contribution in [3.8, 4) is 0 Å². The quantitative estimate of drug-likeness (QED) is 0.859. The summed E-state index contributed by atoms with van der Waals surface area (Å²) in [4.78, 5) is 28.4. The van der Waals surface area contributed by atoms with Crippen molar-refractivity contribution >= 4 is 11.8 Å². The van der Waals surface area contributed by atoms with Crippen molar-refractivity contribution < 1.29 is 9.59 Å². The summed E-state index contributed by atoms with van der Waals surface area (Å²) in [6.07, 6.45) is 8.18. The van der Waals surface area contributed by atoms with Gasteiger partial charge >= 0.3 is 0 Å². The van der Waals surface area contributed by atoms with E-state index in [9.17, 15) is 9.59 Å². The smallest absolute Gasteiger partial charge is 0.239 e. The van der Waals surface area contributed by atoms with Crippen LogP contribution in [0.5, 0.6) is 0 Å². The number of piperidine rings is 2. The highest BCUT2D eigenvalue weighted by molar-refractivity contribution is 5.82. The number of nitrogens with two attached hydrogens (primary N) is 1. The van der Waals surface area contributed by atoms with Crippen LogP contribution in [0.15, 0.2) is 0 Å². The average molecular weight is 321 g/mol. The van der Waals surface area contributed by atoms with Crippen LogP contribution >= 0.6 is 0 Å². The van der Waals surface area contributed by atoms with E-state index in [0.717, 1.165) is 37.8 Å². The summed E-state index contributed by atoms with van der Waals surface area (Å²) in [7, 11) is 0. The second kappa shape index (κ2) is 7.20. The highest BCUT2D eigenvalue weighted by Gasteiger charge is 2.36. The third kappa shape index (κ3) is 3.70. The molecule has 2 amide bonds. The second-order valence-corrected chi connectivity index (χ2v) is 7.77. The van der Waals surface area contributed by atoms with Gasteiger partial charge in [0.15, 0.2) is 0 Å². The molecule has 3 atom stereocenters. The first-order valence-corrected chi connectivity index (χ1v) is 9.38. The Morgan fingerprint density at radius 1 is 0.957 bits per heavy atom. The van der Waals surface area contributed by atoms with E-state index in [4.69, 9.17) is 5.73 Å². The molecule has 3 fully saturated rings. The summed E-state index contributed by atoms with van der Waals surface area (Å²) < 4.78 is 0. The molecule has 2 saturated heterocycles. The standard InChI is InChI=1S/C18H31N3O2/c1-13(18(23)20-9-7-15(8-10-20)17(19)22)21-11-6-14-4-2-3-5-16(14)12-21/h13-16H,2-12H2,1H3,(H2,19,22)/t13-,14-,16-/m1/s1. The molecule has 1 aliphatic carbocycles. The molecule has 2 N–H and O–H groups in total. The zero-order chi connectivity index (χ0) is 16.4. The number of carbonyl (C=O) groups excluding carboxylic acids is 2. The van der Waals surface area contributed by atoms with Gasteiger partial charge in [0, 0.05) is 25.6 Å². The van der Waals surface area contributed by atoms with Gasteiger partial charge < -0.3 is 10.6 Å². The monoisotopic (exact) mass is 321 g/mol. The molecule has 3 aliphatic rings. The fourth-order valence-corrected chi connectivity index (χ4v) is 4.79. The molecule has 3 rings (SSSR count). The lowest BCUT2D eigenvalue weighted by Gasteiger charge is -2.44. The van der Waals surface area contributed by atoms with Crippen molar-refractivity contribution in [3.05, 3.63) is 0 Å². The maximum atomic E-state index is 12.8. The highest BCUT2D eigenvalue weighted by Crippen LogP contribution is 2.36. The van der Waals surface area contributed by atoms with Crippen LogP contribution in [0.1, 0.15) is 51.9 Å². The SMILES string of the molecule is C[C@H](C(=O)N1CCC(C(N)=O)CC1)N1CC[C@H]2CCCC[C@@H]2C1. The molecule has 0 spiro atoms. The predicted molar refractivity (Wildman–Crippen MR) is 89.6 cm³/mol. The van der Waals surface area contributed by atoms with Crippen LogP contribution in [0.25, 0.3) is 0 Å². The molecule has 5 nitrogen and oxygen atoms in total. The molecule has 23 heavy (non-hydrogen) atoms. The molecular formula is C18H31N3O2. The van der Waals surface area contributed by atoms with Gasteiger partial charge in [-0.1, -0.05) is 19.3 Å². The zero-order valence-electron chi connectivity index (χ0n) is 14.4. The molecule has 2 aliphatic heterocycles. The molecule has 5 heteroatoms. The van der Waals surface area contributed by atoms with Crippen molar-refractivity contribution in [1.82, 2.24) is 9.80 Å².